The first kappa shape index (κ1) is 28.6. The second kappa shape index (κ2) is 11.4. The summed E-state index contributed by atoms with van der Waals surface area (Å²) in [6.07, 6.45) is 0.401. The van der Waals surface area contributed by atoms with Gasteiger partial charge in [0.1, 0.15) is 18.0 Å². The molecule has 10 nitrogen and oxygen atoms in total. The summed E-state index contributed by atoms with van der Waals surface area (Å²) >= 11 is 0. The van der Waals surface area contributed by atoms with Crippen molar-refractivity contribution in [3.05, 3.63) is 83.9 Å². The highest BCUT2D eigenvalue weighted by molar-refractivity contribution is 7.92. The summed E-state index contributed by atoms with van der Waals surface area (Å²) in [5.74, 6) is 0.461. The number of rotatable bonds is 8. The summed E-state index contributed by atoms with van der Waals surface area (Å²) in [4.78, 5) is 25.6. The van der Waals surface area contributed by atoms with Crippen LogP contribution in [-0.2, 0) is 32.6 Å². The number of carbonyl (C=O) groups is 2. The van der Waals surface area contributed by atoms with Gasteiger partial charge in [0.05, 0.1) is 18.2 Å². The lowest BCUT2D eigenvalue weighted by atomic mass is 10.1. The van der Waals surface area contributed by atoms with Crippen molar-refractivity contribution in [1.82, 2.24) is 9.78 Å². The largest absolute Gasteiger partial charge is 0.489 e. The molecule has 1 heterocycles. The van der Waals surface area contributed by atoms with Gasteiger partial charge in [-0.3, -0.25) is 9.10 Å². The van der Waals surface area contributed by atoms with E-state index in [1.165, 1.54) is 7.05 Å². The van der Waals surface area contributed by atoms with Crippen molar-refractivity contribution in [2.24, 2.45) is 0 Å². The number of anilines is 2. The van der Waals surface area contributed by atoms with Gasteiger partial charge >= 0.3 is 6.09 Å². The van der Waals surface area contributed by atoms with Gasteiger partial charge < -0.3 is 14.8 Å². The molecule has 210 valence electrons. The molecule has 0 radical (unpaired) electrons. The maximum absolute atomic E-state index is 12.8. The predicted molar refractivity (Wildman–Crippen MR) is 154 cm³/mol. The van der Waals surface area contributed by atoms with Gasteiger partial charge in [0.25, 0.3) is 0 Å². The molecule has 0 aliphatic rings. The van der Waals surface area contributed by atoms with Gasteiger partial charge in [0.15, 0.2) is 5.82 Å². The van der Waals surface area contributed by atoms with Crippen molar-refractivity contribution < 1.29 is 27.5 Å². The molecule has 11 heteroatoms. The van der Waals surface area contributed by atoms with E-state index in [1.807, 2.05) is 54.6 Å². The Morgan fingerprint density at radius 3 is 2.27 bits per heavy atom. The second-order valence-corrected chi connectivity index (χ2v) is 12.3. The zero-order valence-corrected chi connectivity index (χ0v) is 23.9. The molecule has 0 aliphatic heterocycles. The average Bonchev–Trinajstić information content (AvgIpc) is 3.26. The number of aromatic nitrogens is 2. The number of hydrogen-bond donors (Lipinski definition) is 1. The minimum absolute atomic E-state index is 0.0329. The second-order valence-electron chi connectivity index (χ2n) is 10.3. The van der Waals surface area contributed by atoms with Crippen molar-refractivity contribution in [1.29, 1.82) is 0 Å². The highest BCUT2D eigenvalue weighted by Gasteiger charge is 2.26. The lowest BCUT2D eigenvalue weighted by molar-refractivity contribution is -0.115. The summed E-state index contributed by atoms with van der Waals surface area (Å²) in [5.41, 5.74) is 1.83. The van der Waals surface area contributed by atoms with E-state index in [1.54, 1.807) is 39.0 Å². The number of benzene rings is 3. The first-order valence-electron chi connectivity index (χ1n) is 12.6. The Kier molecular flexibility index (Phi) is 8.15. The topological polar surface area (TPSA) is 120 Å². The van der Waals surface area contributed by atoms with E-state index in [0.29, 0.717) is 28.9 Å². The molecule has 0 aliphatic carbocycles. The first-order chi connectivity index (χ1) is 18.8. The minimum Gasteiger partial charge on any atom is -0.489 e. The van der Waals surface area contributed by atoms with Crippen LogP contribution in [0.3, 0.4) is 0 Å². The van der Waals surface area contributed by atoms with Gasteiger partial charge in [-0.15, -0.1) is 5.10 Å². The van der Waals surface area contributed by atoms with E-state index >= 15 is 0 Å². The van der Waals surface area contributed by atoms with Crippen LogP contribution in [0.4, 0.5) is 16.3 Å². The number of nitrogens with zero attached hydrogens (tertiary/aromatic N) is 3. The van der Waals surface area contributed by atoms with Crippen LogP contribution in [0, 0.1) is 0 Å². The van der Waals surface area contributed by atoms with E-state index in [9.17, 15) is 18.0 Å². The van der Waals surface area contributed by atoms with Gasteiger partial charge in [-0.25, -0.2) is 13.2 Å². The molecule has 4 rings (SSSR count). The summed E-state index contributed by atoms with van der Waals surface area (Å²) < 4.78 is 37.8. The first-order valence-corrected chi connectivity index (χ1v) is 14.4. The number of ether oxygens (including phenoxy) is 2. The quantitative estimate of drug-likeness (QED) is 0.321. The van der Waals surface area contributed by atoms with Crippen LogP contribution in [-0.4, -0.2) is 49.1 Å². The molecule has 0 bridgehead atoms. The third kappa shape index (κ3) is 7.17. The molecule has 0 saturated heterocycles. The monoisotopic (exact) mass is 564 g/mol. The lowest BCUT2D eigenvalue weighted by Gasteiger charge is -2.19. The van der Waals surface area contributed by atoms with Crippen LogP contribution in [0.5, 0.6) is 5.75 Å². The van der Waals surface area contributed by atoms with Gasteiger partial charge in [-0.1, -0.05) is 42.5 Å². The van der Waals surface area contributed by atoms with Crippen molar-refractivity contribution in [3.8, 4) is 5.75 Å². The zero-order chi connectivity index (χ0) is 29.1. The molecular weight excluding hydrogens is 532 g/mol. The molecule has 0 atom stereocenters. The highest BCUT2D eigenvalue weighted by atomic mass is 32.2. The fraction of sp³-hybridized carbons (Fsp3) is 0.276. The molecule has 4 aromatic rings. The molecule has 1 N–H and O–H groups in total. The third-order valence-corrected chi connectivity index (χ3v) is 7.01. The van der Waals surface area contributed by atoms with Crippen LogP contribution in [0.2, 0.25) is 0 Å². The normalized spacial score (nSPS) is 11.7. The van der Waals surface area contributed by atoms with Crippen molar-refractivity contribution in [2.75, 3.05) is 22.9 Å². The third-order valence-electron chi connectivity index (χ3n) is 5.84. The SMILES string of the molecule is CN(c1nn(C(=O)OC(C)(C)C)c2ccc(NC(=O)Cc3ccc(OCc4ccccc4)cc3)cc12)S(C)(=O)=O. The van der Waals surface area contributed by atoms with Crippen LogP contribution in [0.1, 0.15) is 31.9 Å². The Labute approximate surface area is 233 Å². The van der Waals surface area contributed by atoms with E-state index in [2.05, 4.69) is 10.4 Å². The Balaban J connectivity index is 1.50. The minimum atomic E-state index is -3.69. The van der Waals surface area contributed by atoms with Crippen molar-refractivity contribution in [3.63, 3.8) is 0 Å². The Morgan fingerprint density at radius 1 is 0.975 bits per heavy atom. The van der Waals surface area contributed by atoms with Crippen LogP contribution < -0.4 is 14.4 Å². The van der Waals surface area contributed by atoms with E-state index in [-0.39, 0.29) is 18.1 Å². The highest BCUT2D eigenvalue weighted by Crippen LogP contribution is 2.30. The smallest absolute Gasteiger partial charge is 0.435 e. The maximum Gasteiger partial charge on any atom is 0.435 e. The van der Waals surface area contributed by atoms with E-state index in [0.717, 1.165) is 26.4 Å². The molecule has 1 aromatic heterocycles. The Hall–Kier alpha value is -4.38. The number of hydrogen-bond acceptors (Lipinski definition) is 7. The van der Waals surface area contributed by atoms with Gasteiger partial charge in [0.2, 0.25) is 15.9 Å². The van der Waals surface area contributed by atoms with Crippen LogP contribution in [0.25, 0.3) is 10.9 Å². The molecule has 0 saturated carbocycles. The number of amides is 1. The van der Waals surface area contributed by atoms with Gasteiger partial charge in [0, 0.05) is 18.1 Å². The average molecular weight is 565 g/mol. The predicted octanol–water partition coefficient (Wildman–Crippen LogP) is 4.98. The molecule has 1 amide bonds. The number of sulfonamides is 1. The standard InChI is InChI=1S/C29H32N4O6S/c1-29(2,3)39-28(35)33-25-16-13-22(18-24(25)27(31-33)32(4)40(5,36)37)30-26(34)17-20-11-14-23(15-12-20)38-19-21-9-7-6-8-10-21/h6-16,18H,17,19H2,1-5H3,(H,30,34). The number of fused-ring (bicyclic) bond motifs is 1. The molecule has 0 spiro atoms. The summed E-state index contributed by atoms with van der Waals surface area (Å²) in [7, 11) is -2.35. The number of nitrogens with one attached hydrogen (secondary N) is 1. The lowest BCUT2D eigenvalue weighted by Crippen LogP contribution is -2.29. The van der Waals surface area contributed by atoms with E-state index in [4.69, 9.17) is 9.47 Å². The van der Waals surface area contributed by atoms with Crippen LogP contribution in [0.15, 0.2) is 72.8 Å². The van der Waals surface area contributed by atoms with Crippen molar-refractivity contribution >= 4 is 44.4 Å². The summed E-state index contributed by atoms with van der Waals surface area (Å²) in [5, 5.41) is 7.43. The van der Waals surface area contributed by atoms with Crippen LogP contribution >= 0.6 is 0 Å². The summed E-state index contributed by atoms with van der Waals surface area (Å²) in [6.45, 7) is 5.61. The fourth-order valence-electron chi connectivity index (χ4n) is 3.85. The molecule has 0 unspecified atom stereocenters. The zero-order valence-electron chi connectivity index (χ0n) is 23.0. The van der Waals surface area contributed by atoms with Gasteiger partial charge in [-0.05, 0) is 62.2 Å². The van der Waals surface area contributed by atoms with Gasteiger partial charge in [-0.2, -0.15) is 4.68 Å². The number of carbonyl (C=O) groups excluding carboxylic acids is 2. The molecule has 40 heavy (non-hydrogen) atoms. The Morgan fingerprint density at radius 2 is 1.65 bits per heavy atom. The van der Waals surface area contributed by atoms with E-state index < -0.39 is 21.7 Å². The molecule has 3 aromatic carbocycles. The summed E-state index contributed by atoms with van der Waals surface area (Å²) in [6, 6.07) is 21.9. The van der Waals surface area contributed by atoms with Crippen molar-refractivity contribution in [2.45, 2.75) is 39.4 Å². The Bertz CT molecular complexity index is 1630. The molecular formula is C29H32N4O6S. The molecule has 0 fully saturated rings. The maximum atomic E-state index is 12.8. The fourth-order valence-corrected chi connectivity index (χ4v) is 4.30.